The van der Waals surface area contributed by atoms with Crippen LogP contribution in [0.5, 0.6) is 0 Å². The minimum Gasteiger partial charge on any atom is -0.440 e. The van der Waals surface area contributed by atoms with E-state index in [-0.39, 0.29) is 17.5 Å². The van der Waals surface area contributed by atoms with E-state index >= 15 is 0 Å². The standard InChI is InChI=1S/C10H14ClNO4S/c1-10(2,17(3,14)15)6-12-9(13)7-4-5-8(11)16-7/h4-5H,6H2,1-3H3,(H,12,13). The van der Waals surface area contributed by atoms with Gasteiger partial charge in [0, 0.05) is 12.8 Å². The minimum atomic E-state index is -3.25. The number of rotatable bonds is 4. The maximum Gasteiger partial charge on any atom is 0.287 e. The zero-order valence-corrected chi connectivity index (χ0v) is 11.4. The van der Waals surface area contributed by atoms with E-state index in [2.05, 4.69) is 5.32 Å². The molecule has 0 bridgehead atoms. The molecule has 0 radical (unpaired) electrons. The molecule has 17 heavy (non-hydrogen) atoms. The number of hydrogen-bond donors (Lipinski definition) is 1. The zero-order chi connectivity index (χ0) is 13.3. The molecule has 1 aromatic heterocycles. The number of carbonyl (C=O) groups is 1. The highest BCUT2D eigenvalue weighted by atomic mass is 35.5. The number of sulfone groups is 1. The molecule has 7 heteroatoms. The molecule has 0 aliphatic heterocycles. The van der Waals surface area contributed by atoms with Gasteiger partial charge < -0.3 is 9.73 Å². The van der Waals surface area contributed by atoms with Gasteiger partial charge in [-0.3, -0.25) is 4.79 Å². The fourth-order valence-corrected chi connectivity index (χ4v) is 1.43. The molecule has 1 heterocycles. The number of carbonyl (C=O) groups excluding carboxylic acids is 1. The molecule has 1 amide bonds. The Morgan fingerprint density at radius 1 is 1.47 bits per heavy atom. The average Bonchev–Trinajstić information content (AvgIpc) is 2.59. The van der Waals surface area contributed by atoms with E-state index in [4.69, 9.17) is 16.0 Å². The van der Waals surface area contributed by atoms with Crippen LogP contribution in [0.15, 0.2) is 16.5 Å². The molecule has 0 atom stereocenters. The van der Waals surface area contributed by atoms with Gasteiger partial charge in [-0.05, 0) is 37.6 Å². The Kier molecular flexibility index (Phi) is 3.88. The van der Waals surface area contributed by atoms with Gasteiger partial charge in [-0.1, -0.05) is 0 Å². The Morgan fingerprint density at radius 3 is 2.47 bits per heavy atom. The predicted octanol–water partition coefficient (Wildman–Crippen LogP) is 1.49. The van der Waals surface area contributed by atoms with Crippen molar-refractivity contribution >= 4 is 27.3 Å². The summed E-state index contributed by atoms with van der Waals surface area (Å²) in [4.78, 5) is 11.6. The zero-order valence-electron chi connectivity index (χ0n) is 9.78. The van der Waals surface area contributed by atoms with Crippen molar-refractivity contribution in [3.63, 3.8) is 0 Å². The summed E-state index contributed by atoms with van der Waals surface area (Å²) in [5.74, 6) is -0.437. The van der Waals surface area contributed by atoms with Crippen molar-refractivity contribution in [2.45, 2.75) is 18.6 Å². The first-order valence-electron chi connectivity index (χ1n) is 4.86. The molecule has 0 fully saturated rings. The van der Waals surface area contributed by atoms with Crippen molar-refractivity contribution in [1.82, 2.24) is 5.32 Å². The van der Waals surface area contributed by atoms with Gasteiger partial charge in [0.2, 0.25) is 0 Å². The summed E-state index contributed by atoms with van der Waals surface area (Å²) < 4.78 is 26.7. The first-order valence-corrected chi connectivity index (χ1v) is 7.13. The van der Waals surface area contributed by atoms with Crippen LogP contribution in [-0.4, -0.2) is 31.9 Å². The van der Waals surface area contributed by atoms with Gasteiger partial charge in [0.05, 0.1) is 4.75 Å². The Bertz CT molecular complexity index is 518. The molecule has 0 saturated carbocycles. The molecule has 0 aliphatic rings. The van der Waals surface area contributed by atoms with Gasteiger partial charge >= 0.3 is 0 Å². The third-order valence-corrected chi connectivity index (χ3v) is 4.83. The first-order chi connectivity index (χ1) is 7.63. The van der Waals surface area contributed by atoms with E-state index < -0.39 is 20.5 Å². The van der Waals surface area contributed by atoms with Crippen LogP contribution in [0.3, 0.4) is 0 Å². The van der Waals surface area contributed by atoms with Crippen LogP contribution in [0.4, 0.5) is 0 Å². The van der Waals surface area contributed by atoms with Gasteiger partial charge in [0.1, 0.15) is 0 Å². The van der Waals surface area contributed by atoms with Crippen LogP contribution >= 0.6 is 11.6 Å². The fourth-order valence-electron chi connectivity index (χ4n) is 0.948. The summed E-state index contributed by atoms with van der Waals surface area (Å²) in [5.41, 5.74) is 0. The monoisotopic (exact) mass is 279 g/mol. The molecule has 0 saturated heterocycles. The number of furan rings is 1. The molecule has 0 spiro atoms. The molecule has 0 aliphatic carbocycles. The average molecular weight is 280 g/mol. The number of amides is 1. The summed E-state index contributed by atoms with van der Waals surface area (Å²) >= 11 is 5.52. The summed E-state index contributed by atoms with van der Waals surface area (Å²) in [6, 6.07) is 2.86. The molecule has 1 aromatic rings. The molecule has 0 unspecified atom stereocenters. The van der Waals surface area contributed by atoms with E-state index in [1.54, 1.807) is 0 Å². The highest BCUT2D eigenvalue weighted by Crippen LogP contribution is 2.15. The number of halogens is 1. The van der Waals surface area contributed by atoms with Crippen LogP contribution in [0.25, 0.3) is 0 Å². The Labute approximate surface area is 105 Å². The molecular formula is C10H14ClNO4S. The van der Waals surface area contributed by atoms with Crippen molar-refractivity contribution in [1.29, 1.82) is 0 Å². The lowest BCUT2D eigenvalue weighted by Crippen LogP contribution is -2.43. The number of nitrogens with one attached hydrogen (secondary N) is 1. The maximum atomic E-state index is 11.6. The van der Waals surface area contributed by atoms with E-state index in [1.165, 1.54) is 26.0 Å². The van der Waals surface area contributed by atoms with Crippen LogP contribution < -0.4 is 5.32 Å². The van der Waals surface area contributed by atoms with Crippen molar-refractivity contribution in [2.75, 3.05) is 12.8 Å². The Balaban J connectivity index is 2.67. The Morgan fingerprint density at radius 2 is 2.06 bits per heavy atom. The molecule has 1 rings (SSSR count). The fraction of sp³-hybridized carbons (Fsp3) is 0.500. The van der Waals surface area contributed by atoms with Gasteiger partial charge in [0.15, 0.2) is 20.8 Å². The SMILES string of the molecule is CC(C)(CNC(=O)c1ccc(Cl)o1)S(C)(=O)=O. The van der Waals surface area contributed by atoms with Crippen LogP contribution in [0.1, 0.15) is 24.4 Å². The van der Waals surface area contributed by atoms with Crippen molar-refractivity contribution in [2.24, 2.45) is 0 Å². The van der Waals surface area contributed by atoms with Gasteiger partial charge in [-0.25, -0.2) is 8.42 Å². The van der Waals surface area contributed by atoms with Crippen LogP contribution in [-0.2, 0) is 9.84 Å². The molecular weight excluding hydrogens is 266 g/mol. The topological polar surface area (TPSA) is 76.4 Å². The van der Waals surface area contributed by atoms with Crippen molar-refractivity contribution in [3.05, 3.63) is 23.1 Å². The highest BCUT2D eigenvalue weighted by Gasteiger charge is 2.30. The predicted molar refractivity (Wildman–Crippen MR) is 65.0 cm³/mol. The van der Waals surface area contributed by atoms with E-state index in [0.717, 1.165) is 6.26 Å². The second-order valence-electron chi connectivity index (χ2n) is 4.32. The first kappa shape index (κ1) is 14.1. The molecule has 96 valence electrons. The van der Waals surface area contributed by atoms with E-state index in [1.807, 2.05) is 0 Å². The third kappa shape index (κ3) is 3.47. The second-order valence-corrected chi connectivity index (χ2v) is 7.34. The quantitative estimate of drug-likeness (QED) is 0.906. The van der Waals surface area contributed by atoms with Crippen molar-refractivity contribution < 1.29 is 17.6 Å². The van der Waals surface area contributed by atoms with Gasteiger partial charge in [-0.2, -0.15) is 0 Å². The van der Waals surface area contributed by atoms with Gasteiger partial charge in [0.25, 0.3) is 5.91 Å². The maximum absolute atomic E-state index is 11.6. The third-order valence-electron chi connectivity index (χ3n) is 2.48. The second kappa shape index (κ2) is 4.70. The summed E-state index contributed by atoms with van der Waals surface area (Å²) in [7, 11) is -3.25. The molecule has 1 N–H and O–H groups in total. The smallest absolute Gasteiger partial charge is 0.287 e. The minimum absolute atomic E-state index is 0.00296. The van der Waals surface area contributed by atoms with E-state index in [9.17, 15) is 13.2 Å². The summed E-state index contributed by atoms with van der Waals surface area (Å²) in [6.45, 7) is 3.08. The lowest BCUT2D eigenvalue weighted by Gasteiger charge is -2.22. The van der Waals surface area contributed by atoms with Crippen LogP contribution in [0.2, 0.25) is 5.22 Å². The lowest BCUT2D eigenvalue weighted by molar-refractivity contribution is 0.0923. The molecule has 5 nitrogen and oxygen atoms in total. The van der Waals surface area contributed by atoms with Crippen molar-refractivity contribution in [3.8, 4) is 0 Å². The Hall–Kier alpha value is -1.01. The normalized spacial score (nSPS) is 12.5. The summed E-state index contributed by atoms with van der Waals surface area (Å²) in [5, 5.41) is 2.60. The summed E-state index contributed by atoms with van der Waals surface area (Å²) in [6.07, 6.45) is 1.13. The van der Waals surface area contributed by atoms with E-state index in [0.29, 0.717) is 0 Å². The van der Waals surface area contributed by atoms with Gasteiger partial charge in [-0.15, -0.1) is 0 Å². The molecule has 0 aromatic carbocycles. The number of hydrogen-bond acceptors (Lipinski definition) is 4. The van der Waals surface area contributed by atoms with Crippen LogP contribution in [0, 0.1) is 0 Å². The largest absolute Gasteiger partial charge is 0.440 e. The highest BCUT2D eigenvalue weighted by molar-refractivity contribution is 7.92. The lowest BCUT2D eigenvalue weighted by atomic mass is 10.2.